The zero-order valence-corrected chi connectivity index (χ0v) is 15.2. The minimum Gasteiger partial charge on any atom is -0.287 e. The third-order valence-corrected chi connectivity index (χ3v) is 5.72. The molecule has 23 heavy (non-hydrogen) atoms. The first-order chi connectivity index (χ1) is 10.7. The molecule has 0 N–H and O–H groups in total. The second-order valence-corrected chi connectivity index (χ2v) is 8.42. The zero-order valence-electron chi connectivity index (χ0n) is 12.0. The van der Waals surface area contributed by atoms with Gasteiger partial charge in [-0.2, -0.15) is 0 Å². The van der Waals surface area contributed by atoms with E-state index in [0.717, 1.165) is 12.3 Å². The predicted octanol–water partition coefficient (Wildman–Crippen LogP) is 3.80. The maximum atomic E-state index is 13.0. The van der Waals surface area contributed by atoms with Crippen molar-refractivity contribution in [2.45, 2.75) is 12.7 Å². The molecule has 0 saturated heterocycles. The van der Waals surface area contributed by atoms with Crippen LogP contribution in [-0.2, 0) is 15.6 Å². The monoisotopic (exact) mass is 419 g/mol. The number of benzene rings is 1. The van der Waals surface area contributed by atoms with Crippen molar-refractivity contribution in [2.24, 2.45) is 0 Å². The molecule has 8 heteroatoms. The highest BCUT2D eigenvalue weighted by atomic mass is 79.9. The second-order valence-electron chi connectivity index (χ2n) is 4.80. The van der Waals surface area contributed by atoms with Crippen molar-refractivity contribution >= 4 is 43.2 Å². The highest BCUT2D eigenvalue weighted by Crippen LogP contribution is 2.25. The van der Waals surface area contributed by atoms with E-state index in [1.165, 1.54) is 6.07 Å². The fourth-order valence-corrected chi connectivity index (χ4v) is 3.63. The van der Waals surface area contributed by atoms with E-state index in [1.54, 1.807) is 19.1 Å². The number of rotatable bonds is 5. The molecular formula is C15H12BrClFNO3S. The first-order valence-electron chi connectivity index (χ1n) is 6.58. The van der Waals surface area contributed by atoms with Gasteiger partial charge in [-0.1, -0.05) is 40.5 Å². The molecule has 1 aromatic carbocycles. The Bertz CT molecular complexity index is 871. The molecule has 0 aliphatic rings. The molecule has 2 rings (SSSR count). The summed E-state index contributed by atoms with van der Waals surface area (Å²) >= 11 is 9.10. The van der Waals surface area contributed by atoms with Crippen molar-refractivity contribution in [3.05, 3.63) is 62.6 Å². The van der Waals surface area contributed by atoms with Gasteiger partial charge in [0.15, 0.2) is 9.84 Å². The summed E-state index contributed by atoms with van der Waals surface area (Å²) in [4.78, 5) is 16.2. The van der Waals surface area contributed by atoms with E-state index in [2.05, 4.69) is 20.9 Å². The van der Waals surface area contributed by atoms with Crippen LogP contribution in [0.15, 0.2) is 34.9 Å². The van der Waals surface area contributed by atoms with Crippen molar-refractivity contribution in [2.75, 3.05) is 5.75 Å². The lowest BCUT2D eigenvalue weighted by Crippen LogP contribution is -2.09. The van der Waals surface area contributed by atoms with E-state index in [-0.39, 0.29) is 27.8 Å². The number of hydrogen-bond donors (Lipinski definition) is 0. The SMILES string of the molecule is CCS(=O)(=O)Cc1ccc(C(=O)c2ncc(F)cc2Cl)c(Br)c1. The van der Waals surface area contributed by atoms with Crippen LogP contribution in [0.5, 0.6) is 0 Å². The van der Waals surface area contributed by atoms with Gasteiger partial charge in [0.2, 0.25) is 5.78 Å². The summed E-state index contributed by atoms with van der Waals surface area (Å²) in [5, 5.41) is -0.0838. The number of nitrogens with zero attached hydrogens (tertiary/aromatic N) is 1. The summed E-state index contributed by atoms with van der Waals surface area (Å²) in [5.41, 5.74) is 0.764. The summed E-state index contributed by atoms with van der Waals surface area (Å²) < 4.78 is 36.7. The Hall–Kier alpha value is -1.31. The normalized spacial score (nSPS) is 11.5. The van der Waals surface area contributed by atoms with Gasteiger partial charge in [-0.15, -0.1) is 0 Å². The number of halogens is 3. The van der Waals surface area contributed by atoms with E-state index in [4.69, 9.17) is 11.6 Å². The Kier molecular flexibility index (Phi) is 5.54. The largest absolute Gasteiger partial charge is 0.287 e. The van der Waals surface area contributed by atoms with Crippen LogP contribution in [0, 0.1) is 5.82 Å². The Balaban J connectivity index is 2.35. The van der Waals surface area contributed by atoms with Gasteiger partial charge in [-0.25, -0.2) is 17.8 Å². The van der Waals surface area contributed by atoms with Gasteiger partial charge in [0.25, 0.3) is 0 Å². The van der Waals surface area contributed by atoms with Crippen LogP contribution in [-0.4, -0.2) is 24.9 Å². The first-order valence-corrected chi connectivity index (χ1v) is 9.57. The Labute approximate surface area is 146 Å². The van der Waals surface area contributed by atoms with Gasteiger partial charge >= 0.3 is 0 Å². The quantitative estimate of drug-likeness (QED) is 0.690. The van der Waals surface area contributed by atoms with Crippen LogP contribution in [0.1, 0.15) is 28.5 Å². The number of sulfone groups is 1. The highest BCUT2D eigenvalue weighted by Gasteiger charge is 2.19. The molecule has 0 atom stereocenters. The number of carbonyl (C=O) groups is 1. The molecule has 0 unspecified atom stereocenters. The summed E-state index contributed by atoms with van der Waals surface area (Å²) in [6.07, 6.45) is 0.912. The number of ketones is 1. The molecule has 4 nitrogen and oxygen atoms in total. The average Bonchev–Trinajstić information content (AvgIpc) is 2.46. The smallest absolute Gasteiger partial charge is 0.214 e. The molecule has 0 amide bonds. The molecule has 0 radical (unpaired) electrons. The van der Waals surface area contributed by atoms with E-state index in [1.807, 2.05) is 0 Å². The van der Waals surface area contributed by atoms with Gasteiger partial charge in [-0.05, 0) is 23.8 Å². The average molecular weight is 421 g/mol. The van der Waals surface area contributed by atoms with Crippen LogP contribution in [0.25, 0.3) is 0 Å². The maximum absolute atomic E-state index is 13.0. The van der Waals surface area contributed by atoms with Crippen molar-refractivity contribution in [3.8, 4) is 0 Å². The number of aromatic nitrogens is 1. The molecule has 0 aliphatic carbocycles. The minimum absolute atomic E-state index is 0.0421. The first kappa shape index (κ1) is 18.0. The van der Waals surface area contributed by atoms with E-state index < -0.39 is 21.4 Å². The number of carbonyl (C=O) groups excluding carboxylic acids is 1. The van der Waals surface area contributed by atoms with E-state index >= 15 is 0 Å². The topological polar surface area (TPSA) is 64.1 Å². The summed E-state index contributed by atoms with van der Waals surface area (Å²) in [5.74, 6) is -1.18. The fourth-order valence-electron chi connectivity index (χ4n) is 1.90. The van der Waals surface area contributed by atoms with Gasteiger partial charge in [0.05, 0.1) is 17.0 Å². The Morgan fingerprint density at radius 3 is 2.61 bits per heavy atom. The van der Waals surface area contributed by atoms with Crippen molar-refractivity contribution in [3.63, 3.8) is 0 Å². The lowest BCUT2D eigenvalue weighted by atomic mass is 10.1. The second kappa shape index (κ2) is 7.07. The summed E-state index contributed by atoms with van der Waals surface area (Å²) in [7, 11) is -3.17. The lowest BCUT2D eigenvalue weighted by Gasteiger charge is -2.08. The molecule has 0 aliphatic heterocycles. The fraction of sp³-hybridized carbons (Fsp3) is 0.200. The molecule has 2 aromatic rings. The molecular weight excluding hydrogens is 409 g/mol. The van der Waals surface area contributed by atoms with Crippen molar-refractivity contribution < 1.29 is 17.6 Å². The molecule has 1 aromatic heterocycles. The van der Waals surface area contributed by atoms with Gasteiger partial charge < -0.3 is 0 Å². The molecule has 0 spiro atoms. The number of pyridine rings is 1. The van der Waals surface area contributed by atoms with Crippen molar-refractivity contribution in [1.29, 1.82) is 0 Å². The van der Waals surface area contributed by atoms with Gasteiger partial charge in [0.1, 0.15) is 11.5 Å². The standard InChI is InChI=1S/C15H12BrClFNO3S/c1-2-23(21,22)8-9-3-4-11(12(16)5-9)15(20)14-13(17)6-10(18)7-19-14/h3-7H,2,8H2,1H3. The van der Waals surface area contributed by atoms with Crippen LogP contribution in [0.4, 0.5) is 4.39 Å². The summed E-state index contributed by atoms with van der Waals surface area (Å²) in [6.45, 7) is 1.57. The zero-order chi connectivity index (χ0) is 17.2. The minimum atomic E-state index is -3.17. The molecule has 122 valence electrons. The van der Waals surface area contributed by atoms with Gasteiger partial charge in [-0.3, -0.25) is 4.79 Å². The Morgan fingerprint density at radius 1 is 1.35 bits per heavy atom. The third kappa shape index (κ3) is 4.37. The third-order valence-electron chi connectivity index (χ3n) is 3.13. The molecule has 0 bridgehead atoms. The predicted molar refractivity (Wildman–Crippen MR) is 89.9 cm³/mol. The lowest BCUT2D eigenvalue weighted by molar-refractivity contribution is 0.103. The van der Waals surface area contributed by atoms with Crippen LogP contribution < -0.4 is 0 Å². The highest BCUT2D eigenvalue weighted by molar-refractivity contribution is 9.10. The van der Waals surface area contributed by atoms with Crippen LogP contribution >= 0.6 is 27.5 Å². The van der Waals surface area contributed by atoms with Crippen molar-refractivity contribution in [1.82, 2.24) is 4.98 Å². The summed E-state index contributed by atoms with van der Waals surface area (Å²) in [6, 6.07) is 5.63. The van der Waals surface area contributed by atoms with Crippen LogP contribution in [0.3, 0.4) is 0 Å². The van der Waals surface area contributed by atoms with Gasteiger partial charge in [0, 0.05) is 15.8 Å². The Morgan fingerprint density at radius 2 is 2.04 bits per heavy atom. The van der Waals surface area contributed by atoms with E-state index in [9.17, 15) is 17.6 Å². The number of hydrogen-bond acceptors (Lipinski definition) is 4. The van der Waals surface area contributed by atoms with E-state index in [0.29, 0.717) is 10.0 Å². The van der Waals surface area contributed by atoms with Crippen LogP contribution in [0.2, 0.25) is 5.02 Å². The maximum Gasteiger partial charge on any atom is 0.214 e. The molecule has 0 saturated carbocycles. The molecule has 1 heterocycles. The molecule has 0 fully saturated rings.